The van der Waals surface area contributed by atoms with Crippen molar-refractivity contribution in [2.24, 2.45) is 0 Å². The van der Waals surface area contributed by atoms with Crippen molar-refractivity contribution in [1.82, 2.24) is 25.0 Å². The lowest BCUT2D eigenvalue weighted by molar-refractivity contribution is 0.663. The topological polar surface area (TPSA) is 104 Å². The van der Waals surface area contributed by atoms with Crippen LogP contribution in [0.5, 0.6) is 0 Å². The van der Waals surface area contributed by atoms with E-state index < -0.39 is 5.92 Å². The van der Waals surface area contributed by atoms with E-state index in [4.69, 9.17) is 10.8 Å². The van der Waals surface area contributed by atoms with Gasteiger partial charge in [-0.15, -0.1) is 5.10 Å². The summed E-state index contributed by atoms with van der Waals surface area (Å²) in [5.74, 6) is -0.431. The fourth-order valence-corrected chi connectivity index (χ4v) is 2.78. The molecule has 7 nitrogen and oxygen atoms in total. The Morgan fingerprint density at radius 1 is 1.04 bits per heavy atom. The van der Waals surface area contributed by atoms with Crippen LogP contribution in [0.1, 0.15) is 17.2 Å². The van der Waals surface area contributed by atoms with Crippen molar-refractivity contribution in [3.8, 4) is 0 Å². The van der Waals surface area contributed by atoms with Crippen LogP contribution in [0.2, 0.25) is 0 Å². The van der Waals surface area contributed by atoms with E-state index in [9.17, 15) is 0 Å². The van der Waals surface area contributed by atoms with Gasteiger partial charge < -0.3 is 10.8 Å². The number of nitrogens with one attached hydrogen (secondary N) is 2. The van der Waals surface area contributed by atoms with E-state index in [0.29, 0.717) is 23.4 Å². The van der Waals surface area contributed by atoms with E-state index in [1.165, 1.54) is 12.4 Å². The first kappa shape index (κ1) is 15.1. The molecular weight excluding hydrogens is 314 g/mol. The molecule has 1 aromatic carbocycles. The molecule has 2 N–H and O–H groups in total. The first-order chi connectivity index (χ1) is 12.3. The molecule has 0 saturated carbocycles. The number of rotatable bonds is 5. The second-order valence-corrected chi connectivity index (χ2v) is 5.72. The van der Waals surface area contributed by atoms with Gasteiger partial charge in [0, 0.05) is 24.0 Å². The Balaban J connectivity index is 1.73. The highest BCUT2D eigenvalue weighted by Crippen LogP contribution is 2.18. The van der Waals surface area contributed by atoms with E-state index in [2.05, 4.69) is 26.3 Å². The fraction of sp³-hybridized carbons (Fsp3) is 0.111. The SMILES string of the molecule is N=CC(C=N)c1ccc2nnn(Cc3ccc4ncccc4c3)c2n1. The molecule has 0 fully saturated rings. The van der Waals surface area contributed by atoms with Gasteiger partial charge >= 0.3 is 0 Å². The molecule has 4 rings (SSSR count). The molecule has 0 aliphatic rings. The van der Waals surface area contributed by atoms with Crippen molar-refractivity contribution in [2.75, 3.05) is 0 Å². The first-order valence-corrected chi connectivity index (χ1v) is 7.83. The maximum absolute atomic E-state index is 7.42. The van der Waals surface area contributed by atoms with Gasteiger partial charge in [-0.3, -0.25) is 4.98 Å². The Labute approximate surface area is 143 Å². The maximum atomic E-state index is 7.42. The molecule has 0 atom stereocenters. The quantitative estimate of drug-likeness (QED) is 0.549. The number of nitrogens with zero attached hydrogens (tertiary/aromatic N) is 5. The number of hydrogen-bond acceptors (Lipinski definition) is 6. The third-order valence-electron chi connectivity index (χ3n) is 4.08. The summed E-state index contributed by atoms with van der Waals surface area (Å²) in [5, 5.41) is 24.3. The highest BCUT2D eigenvalue weighted by atomic mass is 15.4. The average molecular weight is 329 g/mol. The molecule has 3 heterocycles. The van der Waals surface area contributed by atoms with Crippen LogP contribution in [0.3, 0.4) is 0 Å². The van der Waals surface area contributed by atoms with Crippen molar-refractivity contribution < 1.29 is 0 Å². The lowest BCUT2D eigenvalue weighted by Crippen LogP contribution is -2.07. The minimum absolute atomic E-state index is 0.431. The number of fused-ring (bicyclic) bond motifs is 2. The Kier molecular flexibility index (Phi) is 3.74. The molecule has 0 amide bonds. The van der Waals surface area contributed by atoms with Crippen molar-refractivity contribution in [1.29, 1.82) is 10.8 Å². The van der Waals surface area contributed by atoms with Gasteiger partial charge in [-0.1, -0.05) is 17.3 Å². The number of benzene rings is 1. The molecule has 0 spiro atoms. The van der Waals surface area contributed by atoms with Crippen LogP contribution >= 0.6 is 0 Å². The average Bonchev–Trinajstić information content (AvgIpc) is 3.05. The minimum atomic E-state index is -0.431. The molecule has 0 aliphatic carbocycles. The van der Waals surface area contributed by atoms with Crippen LogP contribution in [0.4, 0.5) is 0 Å². The van der Waals surface area contributed by atoms with Gasteiger partial charge in [0.15, 0.2) is 5.65 Å². The van der Waals surface area contributed by atoms with Crippen molar-refractivity contribution in [3.05, 3.63) is 59.9 Å². The first-order valence-electron chi connectivity index (χ1n) is 7.83. The summed E-state index contributed by atoms with van der Waals surface area (Å²) in [7, 11) is 0. The molecule has 4 aromatic rings. The van der Waals surface area contributed by atoms with Crippen molar-refractivity contribution in [3.63, 3.8) is 0 Å². The van der Waals surface area contributed by atoms with Gasteiger partial charge in [0.25, 0.3) is 0 Å². The second-order valence-electron chi connectivity index (χ2n) is 5.72. The zero-order valence-corrected chi connectivity index (χ0v) is 13.3. The van der Waals surface area contributed by atoms with Crippen molar-refractivity contribution in [2.45, 2.75) is 12.5 Å². The van der Waals surface area contributed by atoms with E-state index in [1.54, 1.807) is 16.9 Å². The zero-order chi connectivity index (χ0) is 17.2. The van der Waals surface area contributed by atoms with E-state index >= 15 is 0 Å². The summed E-state index contributed by atoms with van der Waals surface area (Å²) < 4.78 is 1.74. The minimum Gasteiger partial charge on any atom is -0.312 e. The highest BCUT2D eigenvalue weighted by molar-refractivity contribution is 5.87. The third kappa shape index (κ3) is 2.76. The van der Waals surface area contributed by atoms with Crippen LogP contribution in [0, 0.1) is 10.8 Å². The van der Waals surface area contributed by atoms with E-state index in [1.807, 2.05) is 30.3 Å². The lowest BCUT2D eigenvalue weighted by atomic mass is 10.1. The Bertz CT molecular complexity index is 1080. The summed E-state index contributed by atoms with van der Waals surface area (Å²) in [6, 6.07) is 13.6. The van der Waals surface area contributed by atoms with Crippen LogP contribution in [0.15, 0.2) is 48.7 Å². The van der Waals surface area contributed by atoms with Crippen molar-refractivity contribution >= 4 is 34.5 Å². The second kappa shape index (κ2) is 6.20. The monoisotopic (exact) mass is 329 g/mol. The smallest absolute Gasteiger partial charge is 0.179 e. The largest absolute Gasteiger partial charge is 0.312 e. The van der Waals surface area contributed by atoms with Gasteiger partial charge in [0.2, 0.25) is 0 Å². The van der Waals surface area contributed by atoms with E-state index in [0.717, 1.165) is 16.5 Å². The van der Waals surface area contributed by atoms with Gasteiger partial charge in [0.1, 0.15) is 5.52 Å². The number of aromatic nitrogens is 5. The molecule has 0 unspecified atom stereocenters. The summed E-state index contributed by atoms with van der Waals surface area (Å²) in [6.07, 6.45) is 4.18. The molecule has 0 saturated heterocycles. The lowest BCUT2D eigenvalue weighted by Gasteiger charge is -2.07. The molecule has 7 heteroatoms. The summed E-state index contributed by atoms with van der Waals surface area (Å²) in [5.41, 5.74) is 4.02. The Hall–Kier alpha value is -3.48. The van der Waals surface area contributed by atoms with E-state index in [-0.39, 0.29) is 0 Å². The molecular formula is C18H15N7. The fourth-order valence-electron chi connectivity index (χ4n) is 2.78. The highest BCUT2D eigenvalue weighted by Gasteiger charge is 2.12. The number of pyridine rings is 2. The molecule has 25 heavy (non-hydrogen) atoms. The summed E-state index contributed by atoms with van der Waals surface area (Å²) >= 11 is 0. The zero-order valence-electron chi connectivity index (χ0n) is 13.3. The van der Waals surface area contributed by atoms with Crippen LogP contribution < -0.4 is 0 Å². The standard InChI is InChI=1S/C18H15N7/c19-9-14(10-20)16-5-6-17-18(22-16)25(24-23-17)11-12-3-4-15-13(8-12)2-1-7-21-15/h1-10,14,19-20H,11H2. The number of hydrogen-bond donors (Lipinski definition) is 2. The van der Waals surface area contributed by atoms with Crippen LogP contribution in [0.25, 0.3) is 22.1 Å². The third-order valence-corrected chi connectivity index (χ3v) is 4.08. The normalized spacial score (nSPS) is 12.3. The van der Waals surface area contributed by atoms with Gasteiger partial charge in [-0.25, -0.2) is 9.67 Å². The van der Waals surface area contributed by atoms with Crippen LogP contribution in [-0.2, 0) is 6.54 Å². The maximum Gasteiger partial charge on any atom is 0.179 e. The Morgan fingerprint density at radius 3 is 2.72 bits per heavy atom. The van der Waals surface area contributed by atoms with Gasteiger partial charge in [-0.05, 0) is 35.9 Å². The predicted molar refractivity (Wildman–Crippen MR) is 96.5 cm³/mol. The molecule has 0 bridgehead atoms. The summed E-state index contributed by atoms with van der Waals surface area (Å²) in [4.78, 5) is 8.89. The summed E-state index contributed by atoms with van der Waals surface area (Å²) in [6.45, 7) is 0.539. The molecule has 122 valence electrons. The molecule has 3 aromatic heterocycles. The predicted octanol–water partition coefficient (Wildman–Crippen LogP) is 2.81. The van der Waals surface area contributed by atoms with Gasteiger partial charge in [-0.2, -0.15) is 0 Å². The van der Waals surface area contributed by atoms with Gasteiger partial charge in [0.05, 0.1) is 23.7 Å². The van der Waals surface area contributed by atoms with Crippen LogP contribution in [-0.4, -0.2) is 37.4 Å². The molecule has 0 aliphatic heterocycles. The molecule has 0 radical (unpaired) electrons. The Morgan fingerprint density at radius 2 is 1.88 bits per heavy atom.